The van der Waals surface area contributed by atoms with Crippen LogP contribution in [0.1, 0.15) is 23.4 Å². The first-order valence-electron chi connectivity index (χ1n) is 3.33. The minimum atomic E-state index is -2.41. The van der Waals surface area contributed by atoms with E-state index in [1.54, 1.807) is 19.9 Å². The van der Waals surface area contributed by atoms with Gasteiger partial charge in [-0.3, -0.25) is 4.98 Å². The molecule has 0 amide bonds. The number of pyridine rings is 1. The number of halogens is 2. The smallest absolute Gasteiger partial charge is 0.258 e. The number of alkyl halides is 2. The third-order valence-electron chi connectivity index (χ3n) is 1.50. The molecule has 0 bridgehead atoms. The van der Waals surface area contributed by atoms with Crippen molar-refractivity contribution in [2.24, 2.45) is 0 Å². The molecule has 1 nitrogen and oxygen atoms in total. The highest BCUT2D eigenvalue weighted by molar-refractivity contribution is 5.22. The molecule has 0 aromatic carbocycles. The topological polar surface area (TPSA) is 12.9 Å². The van der Waals surface area contributed by atoms with Gasteiger partial charge in [-0.1, -0.05) is 0 Å². The second kappa shape index (κ2) is 2.95. The predicted octanol–water partition coefficient (Wildman–Crippen LogP) is 2.64. The molecule has 1 aromatic heterocycles. The van der Waals surface area contributed by atoms with Gasteiger partial charge in [0, 0.05) is 17.0 Å². The summed E-state index contributed by atoms with van der Waals surface area (Å²) < 4.78 is 24.2. The van der Waals surface area contributed by atoms with E-state index in [2.05, 4.69) is 4.98 Å². The summed E-state index contributed by atoms with van der Waals surface area (Å²) in [4.78, 5) is 3.91. The SMILES string of the molecule is Cc1ccc(C(F)F)c(C)n1. The van der Waals surface area contributed by atoms with E-state index >= 15 is 0 Å². The minimum absolute atomic E-state index is 0.0237. The lowest BCUT2D eigenvalue weighted by Gasteiger charge is -2.03. The van der Waals surface area contributed by atoms with Crippen LogP contribution >= 0.6 is 0 Å². The Hall–Kier alpha value is -0.990. The van der Waals surface area contributed by atoms with Crippen LogP contribution in [-0.2, 0) is 0 Å². The summed E-state index contributed by atoms with van der Waals surface area (Å²) in [5.74, 6) is 0. The summed E-state index contributed by atoms with van der Waals surface area (Å²) in [5, 5.41) is 0. The molecule has 0 saturated carbocycles. The third-order valence-corrected chi connectivity index (χ3v) is 1.50. The molecule has 0 unspecified atom stereocenters. The van der Waals surface area contributed by atoms with Crippen molar-refractivity contribution in [1.82, 2.24) is 4.98 Å². The Morgan fingerprint density at radius 3 is 2.36 bits per heavy atom. The van der Waals surface area contributed by atoms with Gasteiger partial charge in [-0.05, 0) is 26.0 Å². The molecule has 11 heavy (non-hydrogen) atoms. The first-order valence-corrected chi connectivity index (χ1v) is 3.33. The van der Waals surface area contributed by atoms with E-state index in [0.29, 0.717) is 5.69 Å². The Labute approximate surface area is 64.1 Å². The van der Waals surface area contributed by atoms with Gasteiger partial charge in [-0.25, -0.2) is 8.78 Å². The van der Waals surface area contributed by atoms with Crippen molar-refractivity contribution in [2.75, 3.05) is 0 Å². The van der Waals surface area contributed by atoms with Gasteiger partial charge in [0.2, 0.25) is 0 Å². The van der Waals surface area contributed by atoms with Crippen LogP contribution < -0.4 is 0 Å². The Bertz CT molecular complexity index is 258. The Morgan fingerprint density at radius 1 is 1.27 bits per heavy atom. The second-order valence-electron chi connectivity index (χ2n) is 2.43. The van der Waals surface area contributed by atoms with Crippen molar-refractivity contribution in [1.29, 1.82) is 0 Å². The molecule has 1 heterocycles. The largest absolute Gasteiger partial charge is 0.265 e. The minimum Gasteiger partial charge on any atom is -0.258 e. The molecule has 0 aliphatic carbocycles. The van der Waals surface area contributed by atoms with Crippen LogP contribution in [0.25, 0.3) is 0 Å². The van der Waals surface area contributed by atoms with Gasteiger partial charge in [-0.15, -0.1) is 0 Å². The molecule has 0 N–H and O–H groups in total. The molecule has 0 saturated heterocycles. The van der Waals surface area contributed by atoms with Gasteiger partial charge in [0.05, 0.1) is 0 Å². The van der Waals surface area contributed by atoms with E-state index in [-0.39, 0.29) is 5.56 Å². The van der Waals surface area contributed by atoms with Crippen molar-refractivity contribution < 1.29 is 8.78 Å². The molecule has 1 aromatic rings. The molecule has 1 rings (SSSR count). The molecule has 0 aliphatic rings. The maximum atomic E-state index is 12.1. The maximum Gasteiger partial charge on any atom is 0.265 e. The van der Waals surface area contributed by atoms with Crippen LogP contribution in [-0.4, -0.2) is 4.98 Å². The highest BCUT2D eigenvalue weighted by Gasteiger charge is 2.10. The summed E-state index contributed by atoms with van der Waals surface area (Å²) in [6.07, 6.45) is -2.41. The average molecular weight is 157 g/mol. The number of hydrogen-bond donors (Lipinski definition) is 0. The summed E-state index contributed by atoms with van der Waals surface area (Å²) in [6.45, 7) is 3.37. The lowest BCUT2D eigenvalue weighted by Crippen LogP contribution is -1.94. The number of hydrogen-bond acceptors (Lipinski definition) is 1. The van der Waals surface area contributed by atoms with E-state index in [0.717, 1.165) is 5.69 Å². The zero-order valence-corrected chi connectivity index (χ0v) is 6.44. The first kappa shape index (κ1) is 8.11. The number of rotatable bonds is 1. The van der Waals surface area contributed by atoms with Crippen LogP contribution in [0, 0.1) is 13.8 Å². The number of nitrogens with zero attached hydrogens (tertiary/aromatic N) is 1. The lowest BCUT2D eigenvalue weighted by atomic mass is 10.2. The first-order chi connectivity index (χ1) is 5.11. The van der Waals surface area contributed by atoms with Crippen LogP contribution in [0.5, 0.6) is 0 Å². The Kier molecular flexibility index (Phi) is 2.17. The number of aromatic nitrogens is 1. The molecule has 0 atom stereocenters. The van der Waals surface area contributed by atoms with Crippen molar-refractivity contribution in [2.45, 2.75) is 20.3 Å². The Morgan fingerprint density at radius 2 is 1.91 bits per heavy atom. The van der Waals surface area contributed by atoms with E-state index in [1.165, 1.54) is 6.07 Å². The second-order valence-corrected chi connectivity index (χ2v) is 2.43. The zero-order valence-electron chi connectivity index (χ0n) is 6.44. The zero-order chi connectivity index (χ0) is 8.43. The van der Waals surface area contributed by atoms with Gasteiger partial charge >= 0.3 is 0 Å². The summed E-state index contributed by atoms with van der Waals surface area (Å²) in [7, 11) is 0. The molecule has 60 valence electrons. The van der Waals surface area contributed by atoms with Gasteiger partial charge in [0.15, 0.2) is 0 Å². The molecule has 0 spiro atoms. The summed E-state index contributed by atoms with van der Waals surface area (Å²) >= 11 is 0. The van der Waals surface area contributed by atoms with Crippen molar-refractivity contribution in [3.8, 4) is 0 Å². The van der Waals surface area contributed by atoms with Crippen LogP contribution in [0.4, 0.5) is 8.78 Å². The van der Waals surface area contributed by atoms with Crippen molar-refractivity contribution in [3.63, 3.8) is 0 Å². The fraction of sp³-hybridized carbons (Fsp3) is 0.375. The van der Waals surface area contributed by atoms with Crippen LogP contribution in [0.15, 0.2) is 12.1 Å². The highest BCUT2D eigenvalue weighted by Crippen LogP contribution is 2.20. The van der Waals surface area contributed by atoms with E-state index in [1.807, 2.05) is 0 Å². The Balaban J connectivity index is 3.09. The third kappa shape index (κ3) is 1.73. The summed E-state index contributed by atoms with van der Waals surface area (Å²) in [6, 6.07) is 3.01. The summed E-state index contributed by atoms with van der Waals surface area (Å²) in [5.41, 5.74) is 1.21. The highest BCUT2D eigenvalue weighted by atomic mass is 19.3. The van der Waals surface area contributed by atoms with E-state index in [4.69, 9.17) is 0 Å². The van der Waals surface area contributed by atoms with Gasteiger partial charge in [0.25, 0.3) is 6.43 Å². The van der Waals surface area contributed by atoms with Crippen LogP contribution in [0.2, 0.25) is 0 Å². The van der Waals surface area contributed by atoms with Gasteiger partial charge < -0.3 is 0 Å². The molecule has 0 aliphatic heterocycles. The monoisotopic (exact) mass is 157 g/mol. The van der Waals surface area contributed by atoms with Gasteiger partial charge in [0.1, 0.15) is 0 Å². The number of aryl methyl sites for hydroxylation is 2. The average Bonchev–Trinajstić information content (AvgIpc) is 1.85. The fourth-order valence-corrected chi connectivity index (χ4v) is 0.928. The normalized spacial score (nSPS) is 10.6. The predicted molar refractivity (Wildman–Crippen MR) is 38.7 cm³/mol. The fourth-order valence-electron chi connectivity index (χ4n) is 0.928. The quantitative estimate of drug-likeness (QED) is 0.610. The molecular formula is C8H9F2N. The van der Waals surface area contributed by atoms with Crippen molar-refractivity contribution in [3.05, 3.63) is 29.1 Å². The molecular weight excluding hydrogens is 148 g/mol. The van der Waals surface area contributed by atoms with Crippen LogP contribution in [0.3, 0.4) is 0 Å². The molecule has 0 fully saturated rings. The maximum absolute atomic E-state index is 12.1. The van der Waals surface area contributed by atoms with E-state index in [9.17, 15) is 8.78 Å². The standard InChI is InChI=1S/C8H9F2N/c1-5-3-4-7(8(9)10)6(2)11-5/h3-4,8H,1-2H3. The van der Waals surface area contributed by atoms with Crippen molar-refractivity contribution >= 4 is 0 Å². The van der Waals surface area contributed by atoms with E-state index < -0.39 is 6.43 Å². The molecule has 3 heteroatoms. The van der Waals surface area contributed by atoms with Gasteiger partial charge in [-0.2, -0.15) is 0 Å². The molecule has 0 radical (unpaired) electrons. The lowest BCUT2D eigenvalue weighted by molar-refractivity contribution is 0.150.